The Hall–Kier alpha value is -3.17. The molecule has 1 aliphatic heterocycles. The van der Waals surface area contributed by atoms with Crippen LogP contribution in [0.1, 0.15) is 5.56 Å². The Morgan fingerprint density at radius 1 is 1.09 bits per heavy atom. The number of para-hydroxylation sites is 3. The van der Waals surface area contributed by atoms with Gasteiger partial charge in [0, 0.05) is 32.7 Å². The third-order valence-corrected chi connectivity index (χ3v) is 6.31. The number of hydrogen-bond acceptors (Lipinski definition) is 7. The number of aryl methyl sites for hydroxylation is 1. The zero-order valence-corrected chi connectivity index (χ0v) is 19.0. The lowest BCUT2D eigenvalue weighted by Gasteiger charge is -2.36. The number of rotatable bonds is 8. The highest BCUT2D eigenvalue weighted by atomic mass is 32.2. The van der Waals surface area contributed by atoms with Gasteiger partial charge in [-0.3, -0.25) is 9.69 Å². The van der Waals surface area contributed by atoms with Gasteiger partial charge in [-0.2, -0.15) is 4.68 Å². The molecule has 2 aromatic carbocycles. The number of tetrazole rings is 1. The minimum atomic E-state index is -0.0907. The van der Waals surface area contributed by atoms with Crippen LogP contribution in [0.25, 0.3) is 5.69 Å². The van der Waals surface area contributed by atoms with Gasteiger partial charge in [0.05, 0.1) is 22.8 Å². The molecule has 0 atom stereocenters. The molecule has 1 amide bonds. The first-order valence-electron chi connectivity index (χ1n) is 10.6. The molecule has 8 nitrogen and oxygen atoms in total. The third-order valence-electron chi connectivity index (χ3n) is 5.40. The summed E-state index contributed by atoms with van der Waals surface area (Å²) in [4.78, 5) is 17.4. The van der Waals surface area contributed by atoms with Crippen LogP contribution in [0.5, 0.6) is 0 Å². The minimum Gasteiger partial charge on any atom is -0.367 e. The quantitative estimate of drug-likeness (QED) is 0.418. The molecule has 0 spiro atoms. The molecule has 9 heteroatoms. The SMILES string of the molecule is C=CCN1CCN(c2ccccc2NC(=O)CSc2nnnn2-c2ccccc2C)CC1. The molecule has 1 saturated heterocycles. The highest BCUT2D eigenvalue weighted by molar-refractivity contribution is 7.99. The number of thioether (sulfide) groups is 1. The molecule has 0 unspecified atom stereocenters. The summed E-state index contributed by atoms with van der Waals surface area (Å²) in [6.07, 6.45) is 1.94. The predicted octanol–water partition coefficient (Wildman–Crippen LogP) is 3.01. The fourth-order valence-electron chi connectivity index (χ4n) is 3.75. The van der Waals surface area contributed by atoms with Crippen molar-refractivity contribution in [2.45, 2.75) is 12.1 Å². The third kappa shape index (κ3) is 5.17. The van der Waals surface area contributed by atoms with Crippen LogP contribution in [0.15, 0.2) is 66.3 Å². The maximum atomic E-state index is 12.7. The van der Waals surface area contributed by atoms with Crippen molar-refractivity contribution in [2.75, 3.05) is 48.7 Å². The molecule has 1 fully saturated rings. The van der Waals surface area contributed by atoms with E-state index in [1.54, 1.807) is 4.68 Å². The van der Waals surface area contributed by atoms with E-state index in [2.05, 4.69) is 43.3 Å². The Labute approximate surface area is 192 Å². The zero-order valence-electron chi connectivity index (χ0n) is 18.1. The maximum Gasteiger partial charge on any atom is 0.234 e. The van der Waals surface area contributed by atoms with Gasteiger partial charge in [0.2, 0.25) is 11.1 Å². The molecule has 3 aromatic rings. The van der Waals surface area contributed by atoms with Crippen molar-refractivity contribution in [1.29, 1.82) is 0 Å². The van der Waals surface area contributed by atoms with Crippen molar-refractivity contribution in [3.63, 3.8) is 0 Å². The Morgan fingerprint density at radius 3 is 2.56 bits per heavy atom. The van der Waals surface area contributed by atoms with Gasteiger partial charge in [0.15, 0.2) is 0 Å². The van der Waals surface area contributed by atoms with Crippen molar-refractivity contribution < 1.29 is 4.79 Å². The highest BCUT2D eigenvalue weighted by Crippen LogP contribution is 2.27. The van der Waals surface area contributed by atoms with Crippen LogP contribution in [0, 0.1) is 6.92 Å². The van der Waals surface area contributed by atoms with E-state index in [1.165, 1.54) is 11.8 Å². The van der Waals surface area contributed by atoms with E-state index in [9.17, 15) is 4.79 Å². The first-order chi connectivity index (χ1) is 15.7. The average molecular weight is 450 g/mol. The molecule has 4 rings (SSSR count). The molecule has 1 aromatic heterocycles. The molecule has 0 radical (unpaired) electrons. The van der Waals surface area contributed by atoms with Crippen molar-refractivity contribution in [2.24, 2.45) is 0 Å². The predicted molar refractivity (Wildman–Crippen MR) is 129 cm³/mol. The molecule has 1 N–H and O–H groups in total. The summed E-state index contributed by atoms with van der Waals surface area (Å²) in [6.45, 7) is 10.5. The highest BCUT2D eigenvalue weighted by Gasteiger charge is 2.19. The molecule has 32 heavy (non-hydrogen) atoms. The van der Waals surface area contributed by atoms with Crippen LogP contribution in [0.3, 0.4) is 0 Å². The fourth-order valence-corrected chi connectivity index (χ4v) is 4.43. The van der Waals surface area contributed by atoms with Crippen LogP contribution in [-0.2, 0) is 4.79 Å². The Bertz CT molecular complexity index is 1080. The van der Waals surface area contributed by atoms with E-state index in [0.29, 0.717) is 5.16 Å². The summed E-state index contributed by atoms with van der Waals surface area (Å²) in [7, 11) is 0. The lowest BCUT2D eigenvalue weighted by atomic mass is 10.2. The fraction of sp³-hybridized carbons (Fsp3) is 0.304. The number of piperazine rings is 1. The normalized spacial score (nSPS) is 14.3. The van der Waals surface area contributed by atoms with Crippen LogP contribution in [-0.4, -0.2) is 69.5 Å². The second-order valence-electron chi connectivity index (χ2n) is 7.59. The molecule has 0 bridgehead atoms. The van der Waals surface area contributed by atoms with E-state index >= 15 is 0 Å². The van der Waals surface area contributed by atoms with Crippen molar-refractivity contribution in [3.05, 3.63) is 66.7 Å². The van der Waals surface area contributed by atoms with E-state index in [4.69, 9.17) is 0 Å². The molecule has 0 aliphatic carbocycles. The van der Waals surface area contributed by atoms with Gasteiger partial charge in [0.1, 0.15) is 0 Å². The van der Waals surface area contributed by atoms with Gasteiger partial charge >= 0.3 is 0 Å². The van der Waals surface area contributed by atoms with Gasteiger partial charge in [-0.05, 0) is 41.1 Å². The monoisotopic (exact) mass is 449 g/mol. The zero-order chi connectivity index (χ0) is 22.3. The number of carbonyl (C=O) groups excluding carboxylic acids is 1. The Balaban J connectivity index is 1.39. The van der Waals surface area contributed by atoms with Crippen LogP contribution >= 0.6 is 11.8 Å². The van der Waals surface area contributed by atoms with Gasteiger partial charge in [-0.25, -0.2) is 0 Å². The van der Waals surface area contributed by atoms with E-state index in [0.717, 1.165) is 55.3 Å². The summed E-state index contributed by atoms with van der Waals surface area (Å²) in [5.41, 5.74) is 3.84. The van der Waals surface area contributed by atoms with E-state index in [1.807, 2.05) is 55.5 Å². The Morgan fingerprint density at radius 2 is 1.81 bits per heavy atom. The summed E-state index contributed by atoms with van der Waals surface area (Å²) in [5, 5.41) is 15.6. The number of hydrogen-bond donors (Lipinski definition) is 1. The van der Waals surface area contributed by atoms with E-state index in [-0.39, 0.29) is 11.7 Å². The van der Waals surface area contributed by atoms with Crippen LogP contribution in [0.4, 0.5) is 11.4 Å². The summed E-state index contributed by atoms with van der Waals surface area (Å²) in [5.74, 6) is 0.125. The second kappa shape index (κ2) is 10.4. The average Bonchev–Trinajstić information content (AvgIpc) is 3.28. The van der Waals surface area contributed by atoms with Crippen LogP contribution in [0.2, 0.25) is 0 Å². The van der Waals surface area contributed by atoms with Crippen molar-refractivity contribution in [1.82, 2.24) is 25.1 Å². The number of aromatic nitrogens is 4. The Kier molecular flexibility index (Phi) is 7.18. The standard InChI is InChI=1S/C23H27N7OS/c1-3-12-28-13-15-29(16-14-28)21-11-7-5-9-19(21)24-22(31)17-32-23-25-26-27-30(23)20-10-6-4-8-18(20)2/h3-11H,1,12-17H2,2H3,(H,24,31). The minimum absolute atomic E-state index is 0.0907. The number of nitrogens with one attached hydrogen (secondary N) is 1. The lowest BCUT2D eigenvalue weighted by Crippen LogP contribution is -2.46. The van der Waals surface area contributed by atoms with Crippen LogP contribution < -0.4 is 10.2 Å². The van der Waals surface area contributed by atoms with Crippen molar-refractivity contribution in [3.8, 4) is 5.69 Å². The number of anilines is 2. The smallest absolute Gasteiger partial charge is 0.234 e. The summed E-state index contributed by atoms with van der Waals surface area (Å²) in [6, 6.07) is 15.8. The molecule has 166 valence electrons. The van der Waals surface area contributed by atoms with E-state index < -0.39 is 0 Å². The second-order valence-corrected chi connectivity index (χ2v) is 8.53. The molecular weight excluding hydrogens is 422 g/mol. The molecule has 1 aliphatic rings. The number of amides is 1. The summed E-state index contributed by atoms with van der Waals surface area (Å²) < 4.78 is 1.67. The van der Waals surface area contributed by atoms with Gasteiger partial charge in [-0.15, -0.1) is 11.7 Å². The van der Waals surface area contributed by atoms with Gasteiger partial charge < -0.3 is 10.2 Å². The number of benzene rings is 2. The molecule has 0 saturated carbocycles. The van der Waals surface area contributed by atoms with Gasteiger partial charge in [0.25, 0.3) is 0 Å². The number of nitrogens with zero attached hydrogens (tertiary/aromatic N) is 6. The van der Waals surface area contributed by atoms with Crippen molar-refractivity contribution >= 4 is 29.0 Å². The van der Waals surface area contributed by atoms with Gasteiger partial charge in [-0.1, -0.05) is 48.2 Å². The largest absolute Gasteiger partial charge is 0.367 e. The summed E-state index contributed by atoms with van der Waals surface area (Å²) >= 11 is 1.32. The number of carbonyl (C=O) groups is 1. The molecular formula is C23H27N7OS. The molecule has 2 heterocycles. The first kappa shape index (κ1) is 22.0. The maximum absolute atomic E-state index is 12.7. The first-order valence-corrected chi connectivity index (χ1v) is 11.6. The lowest BCUT2D eigenvalue weighted by molar-refractivity contribution is -0.113. The topological polar surface area (TPSA) is 79.2 Å².